The summed E-state index contributed by atoms with van der Waals surface area (Å²) in [5.74, 6) is 0. The number of rotatable bonds is 7. The fourth-order valence-corrected chi connectivity index (χ4v) is 1.65. The normalized spacial score (nSPS) is 12.4. The third kappa shape index (κ3) is 4.13. The van der Waals surface area contributed by atoms with Crippen LogP contribution in [0.25, 0.3) is 0 Å². The van der Waals surface area contributed by atoms with Crippen molar-refractivity contribution in [3.8, 4) is 0 Å². The molecule has 0 aromatic heterocycles. The molecule has 0 fully saturated rings. The molecule has 94 valence electrons. The van der Waals surface area contributed by atoms with Gasteiger partial charge < -0.3 is 10.4 Å². The quantitative estimate of drug-likeness (QED) is 0.557. The zero-order valence-electron chi connectivity index (χ0n) is 9.93. The van der Waals surface area contributed by atoms with Crippen molar-refractivity contribution in [3.63, 3.8) is 0 Å². The molecule has 0 heterocycles. The summed E-state index contributed by atoms with van der Waals surface area (Å²) in [5.41, 5.74) is 0.879. The maximum Gasteiger partial charge on any atom is 0.272 e. The van der Waals surface area contributed by atoms with Crippen molar-refractivity contribution in [2.24, 2.45) is 0 Å². The second-order valence-corrected chi connectivity index (χ2v) is 3.88. The number of para-hydroxylation sites is 1. The van der Waals surface area contributed by atoms with E-state index in [1.807, 2.05) is 6.92 Å². The summed E-state index contributed by atoms with van der Waals surface area (Å²) in [5, 5.41) is 22.9. The van der Waals surface area contributed by atoms with Crippen LogP contribution in [0, 0.1) is 10.1 Å². The van der Waals surface area contributed by atoms with E-state index in [2.05, 4.69) is 5.32 Å². The van der Waals surface area contributed by atoms with Crippen LogP contribution < -0.4 is 5.32 Å². The van der Waals surface area contributed by atoms with Crippen molar-refractivity contribution in [2.45, 2.75) is 25.8 Å². The largest absolute Gasteiger partial charge is 0.395 e. The fraction of sp³-hybridized carbons (Fsp3) is 0.500. The molecular formula is C12H18N2O3. The standard InChI is InChI=1S/C12H18N2O3/c1-2-11(9-15)13-8-7-10-5-3-4-6-12(10)14(16)17/h3-6,11,13,15H,2,7-9H2,1H3. The Morgan fingerprint density at radius 1 is 1.47 bits per heavy atom. The van der Waals surface area contributed by atoms with Crippen molar-refractivity contribution in [3.05, 3.63) is 39.9 Å². The minimum atomic E-state index is -0.362. The van der Waals surface area contributed by atoms with Crippen LogP contribution >= 0.6 is 0 Å². The van der Waals surface area contributed by atoms with Gasteiger partial charge in [0, 0.05) is 17.7 Å². The highest BCUT2D eigenvalue weighted by Crippen LogP contribution is 2.17. The lowest BCUT2D eigenvalue weighted by Gasteiger charge is -2.13. The lowest BCUT2D eigenvalue weighted by molar-refractivity contribution is -0.385. The number of nitrogens with zero attached hydrogens (tertiary/aromatic N) is 1. The van der Waals surface area contributed by atoms with E-state index < -0.39 is 0 Å². The molecule has 1 unspecified atom stereocenters. The predicted octanol–water partition coefficient (Wildman–Crippen LogP) is 1.50. The molecule has 5 nitrogen and oxygen atoms in total. The summed E-state index contributed by atoms with van der Waals surface area (Å²) in [7, 11) is 0. The molecule has 1 atom stereocenters. The van der Waals surface area contributed by atoms with Gasteiger partial charge in [0.25, 0.3) is 5.69 Å². The molecule has 1 aromatic rings. The van der Waals surface area contributed by atoms with Gasteiger partial charge in [0.1, 0.15) is 0 Å². The molecule has 0 bridgehead atoms. The average molecular weight is 238 g/mol. The molecule has 0 amide bonds. The first kappa shape index (κ1) is 13.6. The first-order valence-corrected chi connectivity index (χ1v) is 5.75. The monoisotopic (exact) mass is 238 g/mol. The van der Waals surface area contributed by atoms with E-state index in [-0.39, 0.29) is 23.3 Å². The molecule has 1 rings (SSSR count). The van der Waals surface area contributed by atoms with E-state index in [0.717, 1.165) is 12.0 Å². The molecule has 2 N–H and O–H groups in total. The summed E-state index contributed by atoms with van der Waals surface area (Å²) >= 11 is 0. The summed E-state index contributed by atoms with van der Waals surface area (Å²) < 4.78 is 0. The van der Waals surface area contributed by atoms with Gasteiger partial charge in [-0.1, -0.05) is 25.1 Å². The minimum Gasteiger partial charge on any atom is -0.395 e. The number of nitro groups is 1. The molecule has 0 radical (unpaired) electrons. The second kappa shape index (κ2) is 6.98. The van der Waals surface area contributed by atoms with Crippen molar-refractivity contribution in [2.75, 3.05) is 13.2 Å². The molecule has 5 heteroatoms. The Bertz CT molecular complexity index is 365. The smallest absolute Gasteiger partial charge is 0.272 e. The number of hydrogen-bond acceptors (Lipinski definition) is 4. The van der Waals surface area contributed by atoms with Crippen molar-refractivity contribution < 1.29 is 10.0 Å². The highest BCUT2D eigenvalue weighted by Gasteiger charge is 2.12. The molecule has 0 aliphatic heterocycles. The fourth-order valence-electron chi connectivity index (χ4n) is 1.65. The van der Waals surface area contributed by atoms with Gasteiger partial charge in [-0.25, -0.2) is 0 Å². The van der Waals surface area contributed by atoms with Crippen LogP contribution in [0.1, 0.15) is 18.9 Å². The van der Waals surface area contributed by atoms with Gasteiger partial charge in [-0.15, -0.1) is 0 Å². The van der Waals surface area contributed by atoms with Crippen LogP contribution in [0.4, 0.5) is 5.69 Å². The molecule has 0 saturated heterocycles. The number of benzene rings is 1. The predicted molar refractivity (Wildman–Crippen MR) is 66.0 cm³/mol. The van der Waals surface area contributed by atoms with E-state index in [1.165, 1.54) is 6.07 Å². The Morgan fingerprint density at radius 3 is 2.76 bits per heavy atom. The average Bonchev–Trinajstić information content (AvgIpc) is 2.35. The van der Waals surface area contributed by atoms with E-state index >= 15 is 0 Å². The molecule has 0 aliphatic rings. The number of hydrogen-bond donors (Lipinski definition) is 2. The zero-order chi connectivity index (χ0) is 12.7. The van der Waals surface area contributed by atoms with Gasteiger partial charge in [-0.05, 0) is 19.4 Å². The number of nitro benzene ring substituents is 1. The van der Waals surface area contributed by atoms with Crippen LogP contribution in [0.15, 0.2) is 24.3 Å². The van der Waals surface area contributed by atoms with E-state index in [1.54, 1.807) is 18.2 Å². The molecule has 0 aliphatic carbocycles. The lowest BCUT2D eigenvalue weighted by Crippen LogP contribution is -2.33. The lowest BCUT2D eigenvalue weighted by atomic mass is 10.1. The van der Waals surface area contributed by atoms with Crippen LogP contribution in [0.5, 0.6) is 0 Å². The molecule has 0 saturated carbocycles. The van der Waals surface area contributed by atoms with Crippen LogP contribution in [0.2, 0.25) is 0 Å². The van der Waals surface area contributed by atoms with Crippen LogP contribution in [-0.4, -0.2) is 29.2 Å². The first-order valence-electron chi connectivity index (χ1n) is 5.75. The highest BCUT2D eigenvalue weighted by molar-refractivity contribution is 5.39. The summed E-state index contributed by atoms with van der Waals surface area (Å²) in [6.07, 6.45) is 1.43. The molecule has 1 aromatic carbocycles. The van der Waals surface area contributed by atoms with Gasteiger partial charge in [-0.2, -0.15) is 0 Å². The Kier molecular flexibility index (Phi) is 5.59. The minimum absolute atomic E-state index is 0.0674. The van der Waals surface area contributed by atoms with Crippen LogP contribution in [-0.2, 0) is 6.42 Å². The van der Waals surface area contributed by atoms with Gasteiger partial charge in [0.15, 0.2) is 0 Å². The maximum absolute atomic E-state index is 10.8. The zero-order valence-corrected chi connectivity index (χ0v) is 9.93. The molecular weight excluding hydrogens is 220 g/mol. The van der Waals surface area contributed by atoms with E-state index in [0.29, 0.717) is 13.0 Å². The van der Waals surface area contributed by atoms with Crippen molar-refractivity contribution >= 4 is 5.69 Å². The summed E-state index contributed by atoms with van der Waals surface area (Å²) in [6.45, 7) is 2.70. The van der Waals surface area contributed by atoms with Crippen LogP contribution in [0.3, 0.4) is 0 Å². The number of aliphatic hydroxyl groups excluding tert-OH is 1. The SMILES string of the molecule is CCC(CO)NCCc1ccccc1[N+](=O)[O-]. The Labute approximate surface area is 101 Å². The number of nitrogens with one attached hydrogen (secondary N) is 1. The maximum atomic E-state index is 10.8. The summed E-state index contributed by atoms with van der Waals surface area (Å²) in [6, 6.07) is 6.81. The third-order valence-electron chi connectivity index (χ3n) is 2.73. The summed E-state index contributed by atoms with van der Waals surface area (Å²) in [4.78, 5) is 10.4. The van der Waals surface area contributed by atoms with E-state index in [9.17, 15) is 10.1 Å². The molecule has 17 heavy (non-hydrogen) atoms. The van der Waals surface area contributed by atoms with E-state index in [4.69, 9.17) is 5.11 Å². The van der Waals surface area contributed by atoms with Crippen molar-refractivity contribution in [1.29, 1.82) is 0 Å². The third-order valence-corrected chi connectivity index (χ3v) is 2.73. The topological polar surface area (TPSA) is 75.4 Å². The second-order valence-electron chi connectivity index (χ2n) is 3.88. The van der Waals surface area contributed by atoms with Gasteiger partial charge in [0.2, 0.25) is 0 Å². The van der Waals surface area contributed by atoms with Gasteiger partial charge in [0.05, 0.1) is 11.5 Å². The highest BCUT2D eigenvalue weighted by atomic mass is 16.6. The number of aliphatic hydroxyl groups is 1. The van der Waals surface area contributed by atoms with Gasteiger partial charge >= 0.3 is 0 Å². The first-order chi connectivity index (χ1) is 8.19. The Hall–Kier alpha value is -1.46. The Balaban J connectivity index is 2.54. The molecule has 0 spiro atoms. The van der Waals surface area contributed by atoms with Crippen molar-refractivity contribution in [1.82, 2.24) is 5.32 Å². The Morgan fingerprint density at radius 2 is 2.18 bits per heavy atom. The van der Waals surface area contributed by atoms with Gasteiger partial charge in [-0.3, -0.25) is 10.1 Å².